The maximum atomic E-state index is 10.9. The molecule has 0 unspecified atom stereocenters. The number of hydrazone groups is 1. The molecule has 1 aliphatic heterocycles. The first kappa shape index (κ1) is 9.51. The Labute approximate surface area is 86.6 Å². The molecule has 0 spiro atoms. The van der Waals surface area contributed by atoms with E-state index in [4.69, 9.17) is 9.15 Å². The molecule has 1 saturated heterocycles. The number of cyclic esters (lactones) is 1. The summed E-state index contributed by atoms with van der Waals surface area (Å²) in [4.78, 5) is 10.9. The fraction of sp³-hybridized carbons (Fsp3) is 0.200. The van der Waals surface area contributed by atoms with Gasteiger partial charge in [-0.1, -0.05) is 0 Å². The Kier molecular flexibility index (Phi) is 2.82. The van der Waals surface area contributed by atoms with Crippen molar-refractivity contribution in [2.24, 2.45) is 5.10 Å². The fourth-order valence-electron chi connectivity index (χ4n) is 1.13. The lowest BCUT2D eigenvalue weighted by Crippen LogP contribution is -2.17. The highest BCUT2D eigenvalue weighted by molar-refractivity contribution is 5.79. The summed E-state index contributed by atoms with van der Waals surface area (Å²) in [7, 11) is 0. The molecule has 1 aromatic heterocycles. The number of nitrogens with zero attached hydrogens (tertiary/aromatic N) is 2. The van der Waals surface area contributed by atoms with Gasteiger partial charge in [0.25, 0.3) is 0 Å². The Hall–Kier alpha value is -2.04. The van der Waals surface area contributed by atoms with Gasteiger partial charge in [0.2, 0.25) is 0 Å². The average Bonchev–Trinajstić information content (AvgIpc) is 2.85. The predicted molar refractivity (Wildman–Crippen MR) is 54.3 cm³/mol. The summed E-state index contributed by atoms with van der Waals surface area (Å²) >= 11 is 0. The lowest BCUT2D eigenvalue weighted by atomic mass is 10.4. The van der Waals surface area contributed by atoms with Crippen molar-refractivity contribution in [3.05, 3.63) is 30.2 Å². The summed E-state index contributed by atoms with van der Waals surface area (Å²) < 4.78 is 9.77. The van der Waals surface area contributed by atoms with Crippen LogP contribution in [0.15, 0.2) is 34.0 Å². The van der Waals surface area contributed by atoms with Gasteiger partial charge < -0.3 is 9.15 Å². The standard InChI is InChI=1S/C10H10N2O3/c13-10-12(6-8-15-10)11-5-1-3-9-4-2-7-14-9/h1-5,7H,6,8H2/b3-1+,11-5+. The van der Waals surface area contributed by atoms with E-state index in [0.29, 0.717) is 13.2 Å². The minimum atomic E-state index is -0.405. The zero-order valence-corrected chi connectivity index (χ0v) is 8.00. The fourth-order valence-corrected chi connectivity index (χ4v) is 1.13. The predicted octanol–water partition coefficient (Wildman–Crippen LogP) is 1.73. The number of carbonyl (C=O) groups is 1. The SMILES string of the molecule is O=C1OCCN1/N=C/C=C/c1ccco1. The Bertz CT molecular complexity index is 381. The zero-order valence-electron chi connectivity index (χ0n) is 8.00. The average molecular weight is 206 g/mol. The molecule has 2 heterocycles. The molecule has 1 aliphatic rings. The minimum Gasteiger partial charge on any atom is -0.465 e. The van der Waals surface area contributed by atoms with E-state index in [1.807, 2.05) is 6.07 Å². The molecule has 0 aromatic carbocycles. The molecule has 0 N–H and O–H groups in total. The van der Waals surface area contributed by atoms with Crippen LogP contribution in [0.5, 0.6) is 0 Å². The van der Waals surface area contributed by atoms with Gasteiger partial charge in [-0.15, -0.1) is 0 Å². The Balaban J connectivity index is 1.87. The van der Waals surface area contributed by atoms with E-state index >= 15 is 0 Å². The second kappa shape index (κ2) is 4.45. The van der Waals surface area contributed by atoms with Crippen molar-refractivity contribution >= 4 is 18.4 Å². The van der Waals surface area contributed by atoms with Crippen LogP contribution in [0.1, 0.15) is 5.76 Å². The molecule has 0 radical (unpaired) electrons. The van der Waals surface area contributed by atoms with Gasteiger partial charge in [-0.2, -0.15) is 10.1 Å². The molecule has 5 heteroatoms. The van der Waals surface area contributed by atoms with Gasteiger partial charge in [-0.3, -0.25) is 0 Å². The van der Waals surface area contributed by atoms with Crippen LogP contribution in [-0.2, 0) is 4.74 Å². The first-order valence-electron chi connectivity index (χ1n) is 4.55. The minimum absolute atomic E-state index is 0.401. The number of hydrogen-bond donors (Lipinski definition) is 0. The number of carbonyl (C=O) groups excluding carboxylic acids is 1. The van der Waals surface area contributed by atoms with Crippen molar-refractivity contribution in [1.82, 2.24) is 5.01 Å². The maximum Gasteiger partial charge on any atom is 0.430 e. The van der Waals surface area contributed by atoms with Gasteiger partial charge in [0.15, 0.2) is 0 Å². The summed E-state index contributed by atoms with van der Waals surface area (Å²) in [6.07, 6.45) is 6.16. The molecule has 2 rings (SSSR count). The molecule has 15 heavy (non-hydrogen) atoms. The summed E-state index contributed by atoms with van der Waals surface area (Å²) in [5.74, 6) is 0.741. The lowest BCUT2D eigenvalue weighted by molar-refractivity contribution is 0.159. The molecule has 1 amide bonds. The van der Waals surface area contributed by atoms with E-state index in [9.17, 15) is 4.79 Å². The highest BCUT2D eigenvalue weighted by Crippen LogP contribution is 2.03. The van der Waals surface area contributed by atoms with Crippen molar-refractivity contribution < 1.29 is 13.9 Å². The molecule has 1 aromatic rings. The quantitative estimate of drug-likeness (QED) is 0.707. The van der Waals surface area contributed by atoms with Crippen LogP contribution in [-0.4, -0.2) is 30.5 Å². The topological polar surface area (TPSA) is 55.0 Å². The van der Waals surface area contributed by atoms with Gasteiger partial charge in [0.1, 0.15) is 12.4 Å². The van der Waals surface area contributed by atoms with Crippen molar-refractivity contribution in [2.45, 2.75) is 0 Å². The third-order valence-electron chi connectivity index (χ3n) is 1.84. The first-order valence-corrected chi connectivity index (χ1v) is 4.55. The van der Waals surface area contributed by atoms with Crippen molar-refractivity contribution in [1.29, 1.82) is 0 Å². The largest absolute Gasteiger partial charge is 0.465 e. The lowest BCUT2D eigenvalue weighted by Gasteiger charge is -2.01. The number of allylic oxidation sites excluding steroid dienone is 1. The van der Waals surface area contributed by atoms with Gasteiger partial charge in [0.05, 0.1) is 12.8 Å². The number of furan rings is 1. The van der Waals surface area contributed by atoms with Gasteiger partial charge in [-0.25, -0.2) is 4.79 Å². The third kappa shape index (κ3) is 2.46. The third-order valence-corrected chi connectivity index (χ3v) is 1.84. The summed E-state index contributed by atoms with van der Waals surface area (Å²) in [5.41, 5.74) is 0. The molecule has 0 saturated carbocycles. The summed E-state index contributed by atoms with van der Waals surface area (Å²) in [6, 6.07) is 3.63. The molecule has 1 fully saturated rings. The van der Waals surface area contributed by atoms with Gasteiger partial charge >= 0.3 is 6.09 Å². The van der Waals surface area contributed by atoms with Crippen LogP contribution in [0.2, 0.25) is 0 Å². The molecule has 0 bridgehead atoms. The van der Waals surface area contributed by atoms with E-state index in [2.05, 4.69) is 5.10 Å². The van der Waals surface area contributed by atoms with Gasteiger partial charge in [-0.05, 0) is 24.3 Å². The van der Waals surface area contributed by atoms with Crippen molar-refractivity contribution in [3.63, 3.8) is 0 Å². The number of hydrogen-bond acceptors (Lipinski definition) is 4. The van der Waals surface area contributed by atoms with Crippen LogP contribution in [0.25, 0.3) is 6.08 Å². The molecule has 78 valence electrons. The molecule has 5 nitrogen and oxygen atoms in total. The Morgan fingerprint density at radius 2 is 2.47 bits per heavy atom. The second-order valence-corrected chi connectivity index (χ2v) is 2.88. The van der Waals surface area contributed by atoms with E-state index in [0.717, 1.165) is 5.76 Å². The number of ether oxygens (including phenoxy) is 1. The van der Waals surface area contributed by atoms with E-state index in [1.54, 1.807) is 24.5 Å². The summed E-state index contributed by atoms with van der Waals surface area (Å²) in [5, 5.41) is 5.18. The Morgan fingerprint density at radius 3 is 3.13 bits per heavy atom. The Morgan fingerprint density at radius 1 is 1.53 bits per heavy atom. The maximum absolute atomic E-state index is 10.9. The highest BCUT2D eigenvalue weighted by atomic mass is 16.6. The van der Waals surface area contributed by atoms with E-state index < -0.39 is 6.09 Å². The van der Waals surface area contributed by atoms with Gasteiger partial charge in [0, 0.05) is 6.21 Å². The van der Waals surface area contributed by atoms with Crippen LogP contribution >= 0.6 is 0 Å². The number of amides is 1. The van der Waals surface area contributed by atoms with E-state index in [-0.39, 0.29) is 0 Å². The van der Waals surface area contributed by atoms with Crippen molar-refractivity contribution in [2.75, 3.05) is 13.2 Å². The summed E-state index contributed by atoms with van der Waals surface area (Å²) in [6.45, 7) is 0.905. The second-order valence-electron chi connectivity index (χ2n) is 2.88. The van der Waals surface area contributed by atoms with Crippen LogP contribution in [0.3, 0.4) is 0 Å². The normalized spacial score (nSPS) is 16.8. The van der Waals surface area contributed by atoms with Crippen LogP contribution in [0, 0.1) is 0 Å². The number of rotatable bonds is 3. The smallest absolute Gasteiger partial charge is 0.430 e. The van der Waals surface area contributed by atoms with Crippen LogP contribution < -0.4 is 0 Å². The van der Waals surface area contributed by atoms with E-state index in [1.165, 1.54) is 11.2 Å². The first-order chi connectivity index (χ1) is 7.36. The zero-order chi connectivity index (χ0) is 10.5. The molecular formula is C10H10N2O3. The monoisotopic (exact) mass is 206 g/mol. The molecule has 0 aliphatic carbocycles. The van der Waals surface area contributed by atoms with Crippen LogP contribution in [0.4, 0.5) is 4.79 Å². The molecule has 0 atom stereocenters. The van der Waals surface area contributed by atoms with Crippen molar-refractivity contribution in [3.8, 4) is 0 Å². The highest BCUT2D eigenvalue weighted by Gasteiger charge is 2.20. The molecular weight excluding hydrogens is 196 g/mol.